The summed E-state index contributed by atoms with van der Waals surface area (Å²) in [5.41, 5.74) is 0.974. The zero-order valence-corrected chi connectivity index (χ0v) is 20.2. The van der Waals surface area contributed by atoms with Gasteiger partial charge in [-0.05, 0) is 24.5 Å². The van der Waals surface area contributed by atoms with Crippen molar-refractivity contribution >= 4 is 48.3 Å². The fourth-order valence-electron chi connectivity index (χ4n) is 3.48. The number of nitrogens with one attached hydrogen (secondary N) is 1. The summed E-state index contributed by atoms with van der Waals surface area (Å²) in [6, 6.07) is 9.70. The SMILES string of the molecule is O=C(O)CCCCCCCCCCNC(=O)CCN1C(=O)/C(=C\c2ccccc2)SC1S. The first-order valence-electron chi connectivity index (χ1n) is 11.4. The number of carboxylic acid groups (broad SMARTS) is 1. The molecule has 0 aliphatic carbocycles. The van der Waals surface area contributed by atoms with E-state index in [2.05, 4.69) is 17.9 Å². The number of unbranched alkanes of at least 4 members (excludes halogenated alkanes) is 7. The van der Waals surface area contributed by atoms with Crippen LogP contribution in [0.3, 0.4) is 0 Å². The van der Waals surface area contributed by atoms with Crippen LogP contribution in [-0.2, 0) is 14.4 Å². The lowest BCUT2D eigenvalue weighted by Gasteiger charge is -2.18. The molecule has 1 atom stereocenters. The van der Waals surface area contributed by atoms with Crippen molar-refractivity contribution in [2.75, 3.05) is 13.1 Å². The van der Waals surface area contributed by atoms with Crippen LogP contribution in [0.4, 0.5) is 0 Å². The van der Waals surface area contributed by atoms with Crippen LogP contribution in [-0.4, -0.2) is 45.6 Å². The average molecular weight is 479 g/mol. The summed E-state index contributed by atoms with van der Waals surface area (Å²) in [6.07, 6.45) is 10.7. The quantitative estimate of drug-likeness (QED) is 0.189. The van der Waals surface area contributed by atoms with Gasteiger partial charge in [0.2, 0.25) is 5.91 Å². The highest BCUT2D eigenvalue weighted by atomic mass is 32.2. The van der Waals surface area contributed by atoms with E-state index in [9.17, 15) is 14.4 Å². The van der Waals surface area contributed by atoms with Gasteiger partial charge in [-0.3, -0.25) is 14.4 Å². The molecular formula is C24H34N2O4S2. The van der Waals surface area contributed by atoms with Gasteiger partial charge < -0.3 is 15.3 Å². The van der Waals surface area contributed by atoms with Crippen LogP contribution in [0.1, 0.15) is 69.8 Å². The first kappa shape index (κ1) is 26.3. The molecule has 0 saturated carbocycles. The fourth-order valence-corrected chi connectivity index (χ4v) is 5.02. The zero-order valence-electron chi connectivity index (χ0n) is 18.5. The van der Waals surface area contributed by atoms with Crippen LogP contribution < -0.4 is 5.32 Å². The molecule has 1 heterocycles. The molecule has 0 radical (unpaired) electrons. The third-order valence-corrected chi connectivity index (χ3v) is 6.89. The monoisotopic (exact) mass is 478 g/mol. The normalized spacial score (nSPS) is 17.2. The Hall–Kier alpha value is -1.93. The van der Waals surface area contributed by atoms with Crippen LogP contribution in [0.5, 0.6) is 0 Å². The summed E-state index contributed by atoms with van der Waals surface area (Å²) in [7, 11) is 0. The Labute approximate surface area is 200 Å². The maximum absolute atomic E-state index is 12.6. The van der Waals surface area contributed by atoms with Crippen molar-refractivity contribution in [2.45, 2.75) is 68.9 Å². The number of rotatable bonds is 15. The molecule has 1 aliphatic rings. The second-order valence-electron chi connectivity index (χ2n) is 7.93. The highest BCUT2D eigenvalue weighted by molar-refractivity contribution is 8.14. The number of nitrogens with zero attached hydrogens (tertiary/aromatic N) is 1. The van der Waals surface area contributed by atoms with Gasteiger partial charge >= 0.3 is 5.97 Å². The smallest absolute Gasteiger partial charge is 0.303 e. The lowest BCUT2D eigenvalue weighted by molar-refractivity contribution is -0.137. The van der Waals surface area contributed by atoms with Crippen molar-refractivity contribution in [3.63, 3.8) is 0 Å². The Morgan fingerprint density at radius 3 is 2.28 bits per heavy atom. The number of carboxylic acids is 1. The van der Waals surface area contributed by atoms with Gasteiger partial charge in [0, 0.05) is 25.9 Å². The predicted octanol–water partition coefficient (Wildman–Crippen LogP) is 4.92. The number of hydrogen-bond acceptors (Lipinski definition) is 5. The van der Waals surface area contributed by atoms with Crippen molar-refractivity contribution in [3.8, 4) is 0 Å². The van der Waals surface area contributed by atoms with Crippen molar-refractivity contribution in [1.82, 2.24) is 10.2 Å². The molecule has 2 rings (SSSR count). The van der Waals surface area contributed by atoms with Gasteiger partial charge in [0.1, 0.15) is 4.71 Å². The maximum atomic E-state index is 12.6. The average Bonchev–Trinajstić information content (AvgIpc) is 3.03. The summed E-state index contributed by atoms with van der Waals surface area (Å²) >= 11 is 5.91. The number of carbonyl (C=O) groups is 3. The van der Waals surface area contributed by atoms with E-state index in [1.165, 1.54) is 11.8 Å². The van der Waals surface area contributed by atoms with Gasteiger partial charge in [0.25, 0.3) is 5.91 Å². The molecule has 1 aromatic rings. The third-order valence-electron chi connectivity index (χ3n) is 5.29. The van der Waals surface area contributed by atoms with E-state index in [1.54, 1.807) is 4.90 Å². The van der Waals surface area contributed by atoms with Gasteiger partial charge in [-0.2, -0.15) is 0 Å². The number of hydrogen-bond donors (Lipinski definition) is 3. The third kappa shape index (κ3) is 10.1. The largest absolute Gasteiger partial charge is 0.481 e. The predicted molar refractivity (Wildman–Crippen MR) is 133 cm³/mol. The molecule has 1 aliphatic heterocycles. The van der Waals surface area contributed by atoms with E-state index in [-0.39, 0.29) is 29.4 Å². The molecule has 1 fully saturated rings. The Kier molecular flexibility index (Phi) is 12.3. The van der Waals surface area contributed by atoms with Crippen LogP contribution in [0.25, 0.3) is 6.08 Å². The fraction of sp³-hybridized carbons (Fsp3) is 0.542. The second kappa shape index (κ2) is 15.0. The molecule has 8 heteroatoms. The minimum Gasteiger partial charge on any atom is -0.481 e. The van der Waals surface area contributed by atoms with Gasteiger partial charge in [-0.25, -0.2) is 0 Å². The zero-order chi connectivity index (χ0) is 23.2. The molecule has 1 aromatic carbocycles. The van der Waals surface area contributed by atoms with E-state index in [0.717, 1.165) is 56.9 Å². The standard InChI is InChI=1S/C24H34N2O4S2/c27-21(25-16-11-6-4-2-1-3-5-10-14-22(28)29)15-17-26-23(30)20(32-24(26)31)18-19-12-8-7-9-13-19/h7-9,12-13,18,24,31H,1-6,10-11,14-17H2,(H,25,27)(H,28,29)/b20-18+. The Morgan fingerprint density at radius 2 is 1.62 bits per heavy atom. The molecule has 0 spiro atoms. The van der Waals surface area contributed by atoms with Crippen molar-refractivity contribution in [1.29, 1.82) is 0 Å². The molecule has 1 saturated heterocycles. The second-order valence-corrected chi connectivity index (χ2v) is 9.89. The number of amides is 2. The summed E-state index contributed by atoms with van der Waals surface area (Å²) in [5, 5.41) is 11.5. The molecule has 0 bridgehead atoms. The summed E-state index contributed by atoms with van der Waals surface area (Å²) in [6.45, 7) is 1.02. The molecule has 2 amide bonds. The molecule has 2 N–H and O–H groups in total. The Bertz CT molecular complexity index is 771. The van der Waals surface area contributed by atoms with Crippen LogP contribution in [0, 0.1) is 0 Å². The number of thioether (sulfide) groups is 1. The van der Waals surface area contributed by atoms with E-state index >= 15 is 0 Å². The topological polar surface area (TPSA) is 86.7 Å². The number of benzene rings is 1. The van der Waals surface area contributed by atoms with Crippen molar-refractivity contribution in [3.05, 3.63) is 40.8 Å². The lowest BCUT2D eigenvalue weighted by Crippen LogP contribution is -2.34. The molecule has 0 aromatic heterocycles. The lowest BCUT2D eigenvalue weighted by atomic mass is 10.1. The first-order valence-corrected chi connectivity index (χ1v) is 12.8. The molecule has 176 valence electrons. The van der Waals surface area contributed by atoms with Crippen molar-refractivity contribution < 1.29 is 19.5 Å². The van der Waals surface area contributed by atoms with Crippen LogP contribution in [0.2, 0.25) is 0 Å². The van der Waals surface area contributed by atoms with E-state index in [1.807, 2.05) is 36.4 Å². The molecule has 1 unspecified atom stereocenters. The van der Waals surface area contributed by atoms with Gasteiger partial charge in [-0.15, -0.1) is 12.6 Å². The highest BCUT2D eigenvalue weighted by Crippen LogP contribution is 2.38. The molecular weight excluding hydrogens is 444 g/mol. The summed E-state index contributed by atoms with van der Waals surface area (Å²) < 4.78 is -0.269. The molecule has 32 heavy (non-hydrogen) atoms. The highest BCUT2D eigenvalue weighted by Gasteiger charge is 2.33. The van der Waals surface area contributed by atoms with Gasteiger partial charge in [0.05, 0.1) is 4.91 Å². The molecule has 6 nitrogen and oxygen atoms in total. The summed E-state index contributed by atoms with van der Waals surface area (Å²) in [5.74, 6) is -0.829. The minimum atomic E-state index is -0.715. The van der Waals surface area contributed by atoms with Gasteiger partial charge in [-0.1, -0.05) is 80.6 Å². The Balaban J connectivity index is 1.53. The van der Waals surface area contributed by atoms with Crippen LogP contribution in [0.15, 0.2) is 35.2 Å². The number of aliphatic carboxylic acids is 1. The van der Waals surface area contributed by atoms with Gasteiger partial charge in [0.15, 0.2) is 0 Å². The van der Waals surface area contributed by atoms with E-state index in [4.69, 9.17) is 5.11 Å². The maximum Gasteiger partial charge on any atom is 0.303 e. The number of carbonyl (C=O) groups excluding carboxylic acids is 2. The van der Waals surface area contributed by atoms with E-state index < -0.39 is 5.97 Å². The van der Waals surface area contributed by atoms with Crippen molar-refractivity contribution in [2.24, 2.45) is 0 Å². The Morgan fingerprint density at radius 1 is 1.00 bits per heavy atom. The summed E-state index contributed by atoms with van der Waals surface area (Å²) in [4.78, 5) is 37.5. The number of thiol groups is 1. The first-order chi connectivity index (χ1) is 15.5. The van der Waals surface area contributed by atoms with Crippen LogP contribution >= 0.6 is 24.4 Å². The van der Waals surface area contributed by atoms with E-state index in [0.29, 0.717) is 18.0 Å². The minimum absolute atomic E-state index is 0.0396.